The van der Waals surface area contributed by atoms with Crippen molar-refractivity contribution in [1.29, 1.82) is 0 Å². The topological polar surface area (TPSA) is 409 Å². The number of halogens is 3. The number of nitrogen functional groups attached to an aromatic ring is 1. The number of nitrogens with one attached hydrogen (secondary N) is 3. The number of non-ortho nitro benzene ring substituents is 2. The monoisotopic (exact) mass is 1130 g/mol. The first-order chi connectivity index (χ1) is 35.2. The van der Waals surface area contributed by atoms with Crippen LogP contribution in [0.4, 0.5) is 17.1 Å². The van der Waals surface area contributed by atoms with Crippen LogP contribution in [-0.2, 0) is 19.4 Å². The van der Waals surface area contributed by atoms with Gasteiger partial charge in [0.05, 0.1) is 32.1 Å². The van der Waals surface area contributed by atoms with E-state index in [0.717, 1.165) is 16.3 Å². The Morgan fingerprint density at radius 3 is 1.41 bits per heavy atom. The molecule has 25 nitrogen and oxygen atoms in total. The summed E-state index contributed by atoms with van der Waals surface area (Å²) in [7, 11) is -3.27. The van der Waals surface area contributed by atoms with Gasteiger partial charge >= 0.3 is 10.4 Å². The number of para-hydroxylation sites is 5. The normalized spacial score (nSPS) is 10.5. The van der Waals surface area contributed by atoms with Gasteiger partial charge in [-0.15, -0.1) is 10.1 Å². The lowest BCUT2D eigenvalue weighted by molar-refractivity contribution is -0.742. The molecule has 0 unspecified atom stereocenters. The average Bonchev–Trinajstić information content (AvgIpc) is 3.33. The summed E-state index contributed by atoms with van der Waals surface area (Å²) in [5, 5.41) is 39.8. The first-order valence-corrected chi connectivity index (χ1v) is 24.6. The Hall–Kier alpha value is -8.96. The molecule has 388 valence electrons. The van der Waals surface area contributed by atoms with Crippen LogP contribution in [0.15, 0.2) is 177 Å². The van der Waals surface area contributed by atoms with Gasteiger partial charge in [-0.2, -0.15) is 8.42 Å². The Balaban J connectivity index is 0.000000195. The molecule has 5 heterocycles. The molecule has 0 spiro atoms. The highest BCUT2D eigenvalue weighted by atomic mass is 35.7. The predicted octanol–water partition coefficient (Wildman–Crippen LogP) is 8.69. The minimum Gasteiger partial charge on any atom is -0.397 e. The summed E-state index contributed by atoms with van der Waals surface area (Å²) in [6, 6.07) is 43.5. The first-order valence-electron chi connectivity index (χ1n) is 20.2. The minimum absolute atomic E-state index is 0.0231. The van der Waals surface area contributed by atoms with Crippen LogP contribution in [0, 0.1) is 30.3 Å². The lowest BCUT2D eigenvalue weighted by Gasteiger charge is -2.01. The maximum absolute atomic E-state index is 11.2. The molecule has 0 atom stereocenters. The molecule has 10 rings (SSSR count). The van der Waals surface area contributed by atoms with Crippen molar-refractivity contribution in [2.75, 3.05) is 5.73 Å². The lowest BCUT2D eigenvalue weighted by Crippen LogP contribution is -2.05. The molecule has 5 aromatic heterocycles. The number of benzene rings is 5. The third-order valence-corrected chi connectivity index (χ3v) is 10.9. The van der Waals surface area contributed by atoms with Crippen molar-refractivity contribution in [1.82, 2.24) is 24.9 Å². The fourth-order valence-electron chi connectivity index (χ4n) is 6.17. The third kappa shape index (κ3) is 18.9. The van der Waals surface area contributed by atoms with E-state index in [-0.39, 0.29) is 49.1 Å². The number of nitro benzene ring substituents is 2. The van der Waals surface area contributed by atoms with Crippen LogP contribution >= 0.6 is 33.9 Å². The number of fused-ring (bicyclic) bond motifs is 5. The van der Waals surface area contributed by atoms with Crippen LogP contribution in [0.1, 0.15) is 0 Å². The van der Waals surface area contributed by atoms with Crippen LogP contribution in [0.3, 0.4) is 0 Å². The molecule has 0 aliphatic heterocycles. The molecule has 0 aliphatic rings. The van der Waals surface area contributed by atoms with Gasteiger partial charge < -0.3 is 25.9 Å². The number of nitrogens with two attached hydrogens (primary N) is 1. The van der Waals surface area contributed by atoms with Crippen molar-refractivity contribution in [2.24, 2.45) is 0 Å². The molecule has 0 radical (unpaired) electrons. The summed E-state index contributed by atoms with van der Waals surface area (Å²) in [5.74, 6) is 0. The molecule has 75 heavy (non-hydrogen) atoms. The number of nitro groups is 2. The van der Waals surface area contributed by atoms with Crippen LogP contribution in [0.25, 0.3) is 54.5 Å². The smallest absolute Gasteiger partial charge is 0.394 e. The van der Waals surface area contributed by atoms with E-state index in [2.05, 4.69) is 24.9 Å². The molecular formula is C45H34Cl3N9O16S2. The summed E-state index contributed by atoms with van der Waals surface area (Å²) < 4.78 is 54.0. The van der Waals surface area contributed by atoms with Crippen molar-refractivity contribution in [2.45, 2.75) is 4.90 Å². The van der Waals surface area contributed by atoms with Crippen LogP contribution in [0.5, 0.6) is 0 Å². The molecule has 30 heteroatoms. The number of nitrogens with zero attached hydrogens (tertiary/aromatic N) is 5. The second-order valence-electron chi connectivity index (χ2n) is 14.2. The fraction of sp³-hybridized carbons (Fsp3) is 0. The molecule has 0 bridgehead atoms. The molecule has 5 aromatic carbocycles. The van der Waals surface area contributed by atoms with Gasteiger partial charge in [0, 0.05) is 62.6 Å². The number of aromatic nitrogens is 5. The molecule has 8 N–H and O–H groups in total. The van der Waals surface area contributed by atoms with Gasteiger partial charge in [0.2, 0.25) is 16.7 Å². The van der Waals surface area contributed by atoms with E-state index in [1.807, 2.05) is 42.5 Å². The number of hydrogen-bond acceptors (Lipinski definition) is 16. The highest BCUT2D eigenvalue weighted by Crippen LogP contribution is 2.26. The van der Waals surface area contributed by atoms with Gasteiger partial charge in [-0.3, -0.25) is 43.7 Å². The van der Waals surface area contributed by atoms with Crippen molar-refractivity contribution >= 4 is 125 Å². The summed E-state index contributed by atoms with van der Waals surface area (Å²) in [6.45, 7) is 0. The standard InChI is InChI=1S/C9H5ClN2O2.C9H6ClNO3S.C9H6ClN.C9H6N2O3.C9H8N2O.HNO3.H2O4S/c10-8-5-4-6-2-1-3-7(12(13)14)9(6)11-8;10-15(13,14)7-3-1-2-6-4-5-8(12)11-9(6)7;10-9-6-5-7-3-1-2-4-8(7)11-9;12-8-5-4-6-2-1-3-7(11(13)14)9(6)10-8;10-7-3-1-2-6-4-5-8(12)11-9(6)7;2-1(3)4;1-5(2,3)4/h1-5H;1-5H,(H,11,12);1-6H;1-5H,(H,10,12);1-5H,10H2,(H,11,12);(H,2,3,4);(H2,1,2,3,4). The largest absolute Gasteiger partial charge is 0.397 e. The maximum Gasteiger partial charge on any atom is 0.394 e. The molecule has 10 aromatic rings. The summed E-state index contributed by atoms with van der Waals surface area (Å²) >= 11 is 11.4. The second kappa shape index (κ2) is 26.7. The van der Waals surface area contributed by atoms with E-state index in [0.29, 0.717) is 38.0 Å². The van der Waals surface area contributed by atoms with Gasteiger partial charge in [0.15, 0.2) is 0 Å². The third-order valence-electron chi connectivity index (χ3n) is 9.13. The second-order valence-corrected chi connectivity index (χ2v) is 18.4. The van der Waals surface area contributed by atoms with Crippen LogP contribution in [0.2, 0.25) is 10.3 Å². The Morgan fingerprint density at radius 1 is 0.493 bits per heavy atom. The quantitative estimate of drug-likeness (QED) is 0.0217. The molecule has 0 saturated heterocycles. The van der Waals surface area contributed by atoms with E-state index in [1.54, 1.807) is 78.9 Å². The molecule has 0 saturated carbocycles. The predicted molar refractivity (Wildman–Crippen MR) is 281 cm³/mol. The Kier molecular flexibility index (Phi) is 20.8. The number of hydrogen-bond donors (Lipinski definition) is 7. The van der Waals surface area contributed by atoms with Gasteiger partial charge in [-0.25, -0.2) is 18.4 Å². The fourth-order valence-corrected chi connectivity index (χ4v) is 7.51. The maximum atomic E-state index is 11.2. The average molecular weight is 1130 g/mol. The van der Waals surface area contributed by atoms with Gasteiger partial charge in [-0.05, 0) is 66.0 Å². The van der Waals surface area contributed by atoms with Gasteiger partial charge in [-0.1, -0.05) is 89.9 Å². The SMILES string of the molecule is Clc1ccc2ccccc2n1.Nc1cccc2ccc(=O)[nH]c12.O=S(=O)(O)O.O=[N+]([O-])O.O=[N+]([O-])c1cccc2ccc(Cl)nc12.O=c1ccc2cccc(S(=O)(=O)Cl)c2[nH]1.O=c1ccc2cccc([N+](=O)[O-])c2[nH]1. The van der Waals surface area contributed by atoms with E-state index in [9.17, 15) is 43.0 Å². The van der Waals surface area contributed by atoms with Crippen molar-refractivity contribution in [3.8, 4) is 0 Å². The highest BCUT2D eigenvalue weighted by molar-refractivity contribution is 8.14. The summed E-state index contributed by atoms with van der Waals surface area (Å²) in [6.07, 6.45) is 0. The van der Waals surface area contributed by atoms with Gasteiger partial charge in [0.1, 0.15) is 26.2 Å². The number of aromatic amines is 3. The molecular weight excluding hydrogens is 1090 g/mol. The number of anilines is 1. The highest BCUT2D eigenvalue weighted by Gasteiger charge is 2.15. The zero-order valence-electron chi connectivity index (χ0n) is 37.4. The van der Waals surface area contributed by atoms with Crippen molar-refractivity contribution in [3.63, 3.8) is 0 Å². The van der Waals surface area contributed by atoms with Gasteiger partial charge in [0.25, 0.3) is 25.5 Å². The number of H-pyrrole nitrogens is 3. The zero-order valence-corrected chi connectivity index (χ0v) is 41.3. The Morgan fingerprint density at radius 2 is 0.880 bits per heavy atom. The molecule has 0 fully saturated rings. The van der Waals surface area contributed by atoms with Crippen LogP contribution in [-0.4, -0.2) is 71.0 Å². The van der Waals surface area contributed by atoms with E-state index in [4.69, 9.17) is 72.5 Å². The van der Waals surface area contributed by atoms with E-state index >= 15 is 0 Å². The number of rotatable bonds is 3. The first kappa shape index (κ1) is 58.6. The summed E-state index contributed by atoms with van der Waals surface area (Å²) in [4.78, 5) is 77.2. The molecule has 0 aliphatic carbocycles. The Labute approximate surface area is 433 Å². The molecule has 0 amide bonds. The summed E-state index contributed by atoms with van der Waals surface area (Å²) in [5.41, 5.74) is 7.81. The lowest BCUT2D eigenvalue weighted by atomic mass is 10.2. The number of pyridine rings is 5. The van der Waals surface area contributed by atoms with Crippen LogP contribution < -0.4 is 22.4 Å². The van der Waals surface area contributed by atoms with Crippen molar-refractivity contribution in [3.05, 3.63) is 229 Å². The minimum atomic E-state index is -4.67. The van der Waals surface area contributed by atoms with E-state index in [1.165, 1.54) is 36.4 Å². The van der Waals surface area contributed by atoms with Crippen molar-refractivity contribution < 1.29 is 46.1 Å². The Bertz CT molecular complexity index is 4120. The zero-order chi connectivity index (χ0) is 55.6. The van der Waals surface area contributed by atoms with E-state index < -0.39 is 34.4 Å².